The minimum atomic E-state index is -1.02. The standard InChI is InChI=1S/C26H23ClN2O5/c1-15(10-24(30)31)28-25(32)16-11-17(27)13-18(12-16)29-26(33)34-14-23-21-8-4-2-6-19(21)20-7-3-5-9-22(20)23/h2-9,11-13,15,23H,10,14H2,1H3,(H,28,32)(H,29,33)(H,30,31)/t15-/m0/s1. The molecule has 0 bridgehead atoms. The van der Waals surface area contributed by atoms with Crippen LogP contribution in [-0.4, -0.2) is 35.7 Å². The van der Waals surface area contributed by atoms with Crippen molar-refractivity contribution < 1.29 is 24.2 Å². The average Bonchev–Trinajstić information content (AvgIpc) is 3.10. The number of amides is 2. The van der Waals surface area contributed by atoms with E-state index >= 15 is 0 Å². The number of carboxylic acid groups (broad SMARTS) is 1. The van der Waals surface area contributed by atoms with E-state index in [9.17, 15) is 14.4 Å². The molecule has 3 aromatic carbocycles. The first-order chi connectivity index (χ1) is 16.3. The van der Waals surface area contributed by atoms with Crippen LogP contribution in [0.2, 0.25) is 5.02 Å². The lowest BCUT2D eigenvalue weighted by Gasteiger charge is -2.15. The summed E-state index contributed by atoms with van der Waals surface area (Å²) in [6.07, 6.45) is -0.883. The number of carboxylic acids is 1. The van der Waals surface area contributed by atoms with Gasteiger partial charge in [0.15, 0.2) is 0 Å². The highest BCUT2D eigenvalue weighted by Crippen LogP contribution is 2.44. The summed E-state index contributed by atoms with van der Waals surface area (Å²) in [6.45, 7) is 1.74. The van der Waals surface area contributed by atoms with Gasteiger partial charge in [-0.1, -0.05) is 60.1 Å². The quantitative estimate of drug-likeness (QED) is 0.427. The van der Waals surface area contributed by atoms with Gasteiger partial charge in [-0.15, -0.1) is 0 Å². The van der Waals surface area contributed by atoms with Crippen molar-refractivity contribution in [3.63, 3.8) is 0 Å². The van der Waals surface area contributed by atoms with Gasteiger partial charge in [-0.05, 0) is 47.4 Å². The molecule has 0 heterocycles. The molecule has 3 N–H and O–H groups in total. The van der Waals surface area contributed by atoms with Gasteiger partial charge in [0, 0.05) is 28.2 Å². The Hall–Kier alpha value is -3.84. The Morgan fingerprint density at radius 3 is 2.24 bits per heavy atom. The number of hydrogen-bond acceptors (Lipinski definition) is 4. The maximum atomic E-state index is 12.5. The number of halogens is 1. The van der Waals surface area contributed by atoms with Crippen LogP contribution >= 0.6 is 11.6 Å². The number of benzene rings is 3. The van der Waals surface area contributed by atoms with Crippen LogP contribution < -0.4 is 10.6 Å². The fraction of sp³-hybridized carbons (Fsp3) is 0.192. The molecule has 0 fully saturated rings. The van der Waals surface area contributed by atoms with Crippen molar-refractivity contribution in [2.75, 3.05) is 11.9 Å². The largest absolute Gasteiger partial charge is 0.481 e. The van der Waals surface area contributed by atoms with Gasteiger partial charge in [0.2, 0.25) is 0 Å². The predicted molar refractivity (Wildman–Crippen MR) is 129 cm³/mol. The summed E-state index contributed by atoms with van der Waals surface area (Å²) in [6, 6.07) is 19.9. The number of hydrogen-bond donors (Lipinski definition) is 3. The molecule has 174 valence electrons. The van der Waals surface area contributed by atoms with Crippen molar-refractivity contribution in [3.8, 4) is 11.1 Å². The maximum absolute atomic E-state index is 12.5. The molecule has 2 amide bonds. The molecule has 7 nitrogen and oxygen atoms in total. The van der Waals surface area contributed by atoms with E-state index in [0.717, 1.165) is 22.3 Å². The van der Waals surface area contributed by atoms with Crippen LogP contribution in [0.5, 0.6) is 0 Å². The fourth-order valence-electron chi connectivity index (χ4n) is 4.17. The van der Waals surface area contributed by atoms with E-state index in [2.05, 4.69) is 22.8 Å². The number of rotatable bonds is 7. The minimum absolute atomic E-state index is 0.0745. The smallest absolute Gasteiger partial charge is 0.411 e. The molecule has 1 aliphatic rings. The normalized spacial score (nSPS) is 12.9. The molecule has 1 atom stereocenters. The molecular formula is C26H23ClN2O5. The lowest BCUT2D eigenvalue weighted by Crippen LogP contribution is -2.34. The highest BCUT2D eigenvalue weighted by atomic mass is 35.5. The molecule has 0 unspecified atom stereocenters. The number of nitrogens with one attached hydrogen (secondary N) is 2. The van der Waals surface area contributed by atoms with Crippen molar-refractivity contribution in [3.05, 3.63) is 88.4 Å². The highest BCUT2D eigenvalue weighted by Gasteiger charge is 2.29. The van der Waals surface area contributed by atoms with Gasteiger partial charge in [0.1, 0.15) is 6.61 Å². The van der Waals surface area contributed by atoms with E-state index < -0.39 is 24.0 Å². The Kier molecular flexibility index (Phi) is 6.84. The first kappa shape index (κ1) is 23.3. The van der Waals surface area contributed by atoms with E-state index in [1.807, 2.05) is 36.4 Å². The van der Waals surface area contributed by atoms with E-state index in [0.29, 0.717) is 5.69 Å². The summed E-state index contributed by atoms with van der Waals surface area (Å²) in [5.41, 5.74) is 4.96. The van der Waals surface area contributed by atoms with E-state index in [1.54, 1.807) is 6.92 Å². The summed E-state index contributed by atoms with van der Waals surface area (Å²) in [5, 5.41) is 14.3. The monoisotopic (exact) mass is 478 g/mol. The molecule has 0 aromatic heterocycles. The van der Waals surface area contributed by atoms with Crippen molar-refractivity contribution in [1.29, 1.82) is 0 Å². The van der Waals surface area contributed by atoms with Crippen LogP contribution in [0.3, 0.4) is 0 Å². The zero-order valence-electron chi connectivity index (χ0n) is 18.4. The van der Waals surface area contributed by atoms with Crippen molar-refractivity contribution in [2.45, 2.75) is 25.3 Å². The summed E-state index contributed by atoms with van der Waals surface area (Å²) in [4.78, 5) is 35.8. The first-order valence-corrected chi connectivity index (χ1v) is 11.1. The fourth-order valence-corrected chi connectivity index (χ4v) is 4.40. The number of ether oxygens (including phenoxy) is 1. The molecule has 4 rings (SSSR count). The van der Waals surface area contributed by atoms with Crippen LogP contribution in [0.1, 0.15) is 40.7 Å². The molecule has 8 heteroatoms. The number of carbonyl (C=O) groups is 3. The molecule has 0 saturated carbocycles. The molecule has 0 saturated heterocycles. The van der Waals surface area contributed by atoms with Gasteiger partial charge in [0.05, 0.1) is 6.42 Å². The third-order valence-corrected chi connectivity index (χ3v) is 5.83. The number of carbonyl (C=O) groups excluding carboxylic acids is 2. The second-order valence-electron chi connectivity index (χ2n) is 8.15. The maximum Gasteiger partial charge on any atom is 0.411 e. The molecule has 0 spiro atoms. The summed E-state index contributed by atoms with van der Waals surface area (Å²) < 4.78 is 5.53. The van der Waals surface area contributed by atoms with Gasteiger partial charge < -0.3 is 15.2 Å². The lowest BCUT2D eigenvalue weighted by molar-refractivity contribution is -0.137. The van der Waals surface area contributed by atoms with Gasteiger partial charge in [-0.2, -0.15) is 0 Å². The highest BCUT2D eigenvalue weighted by molar-refractivity contribution is 6.31. The second kappa shape index (κ2) is 9.97. The summed E-state index contributed by atoms with van der Waals surface area (Å²) in [5.74, 6) is -1.59. The van der Waals surface area contributed by atoms with Crippen LogP contribution in [0.15, 0.2) is 66.7 Å². The number of anilines is 1. The van der Waals surface area contributed by atoms with Crippen molar-refractivity contribution in [2.24, 2.45) is 0 Å². The van der Waals surface area contributed by atoms with Crippen molar-refractivity contribution in [1.82, 2.24) is 5.32 Å². The van der Waals surface area contributed by atoms with Crippen LogP contribution in [0, 0.1) is 0 Å². The third-order valence-electron chi connectivity index (χ3n) is 5.61. The summed E-state index contributed by atoms with van der Waals surface area (Å²) in [7, 11) is 0. The van der Waals surface area contributed by atoms with E-state index in [-0.39, 0.29) is 29.5 Å². The van der Waals surface area contributed by atoms with Gasteiger partial charge >= 0.3 is 12.1 Å². The van der Waals surface area contributed by atoms with E-state index in [1.165, 1.54) is 18.2 Å². The molecule has 1 aliphatic carbocycles. The lowest BCUT2D eigenvalue weighted by atomic mass is 9.98. The molecule has 34 heavy (non-hydrogen) atoms. The SMILES string of the molecule is C[C@@H](CC(=O)O)NC(=O)c1cc(Cl)cc(NC(=O)OCC2c3ccccc3-c3ccccc32)c1. The van der Waals surface area contributed by atoms with Crippen LogP contribution in [0.25, 0.3) is 11.1 Å². The van der Waals surface area contributed by atoms with Gasteiger partial charge in [0.25, 0.3) is 5.91 Å². The number of fused-ring (bicyclic) bond motifs is 3. The minimum Gasteiger partial charge on any atom is -0.481 e. The number of aliphatic carboxylic acids is 1. The van der Waals surface area contributed by atoms with Gasteiger partial charge in [-0.3, -0.25) is 14.9 Å². The molecular weight excluding hydrogens is 456 g/mol. The predicted octanol–water partition coefficient (Wildman–Crippen LogP) is 5.29. The Labute approximate surface area is 201 Å². The molecule has 0 aliphatic heterocycles. The Bertz CT molecular complexity index is 1210. The average molecular weight is 479 g/mol. The van der Waals surface area contributed by atoms with Crippen LogP contribution in [0.4, 0.5) is 10.5 Å². The van der Waals surface area contributed by atoms with Crippen molar-refractivity contribution >= 4 is 35.3 Å². The van der Waals surface area contributed by atoms with Crippen LogP contribution in [-0.2, 0) is 9.53 Å². The zero-order valence-corrected chi connectivity index (χ0v) is 19.1. The second-order valence-corrected chi connectivity index (χ2v) is 8.59. The molecule has 3 aromatic rings. The zero-order chi connectivity index (χ0) is 24.2. The topological polar surface area (TPSA) is 105 Å². The van der Waals surface area contributed by atoms with E-state index in [4.69, 9.17) is 21.4 Å². The Morgan fingerprint density at radius 2 is 1.62 bits per heavy atom. The summed E-state index contributed by atoms with van der Waals surface area (Å²) >= 11 is 6.13. The Balaban J connectivity index is 1.42. The molecule has 0 radical (unpaired) electrons. The Morgan fingerprint density at radius 1 is 1.00 bits per heavy atom. The first-order valence-electron chi connectivity index (χ1n) is 10.8. The van der Waals surface area contributed by atoms with Gasteiger partial charge in [-0.25, -0.2) is 4.79 Å². The third kappa shape index (κ3) is 5.21.